The maximum absolute atomic E-state index is 11.8. The highest BCUT2D eigenvalue weighted by molar-refractivity contribution is 6.43. The van der Waals surface area contributed by atoms with E-state index in [0.717, 1.165) is 0 Å². The van der Waals surface area contributed by atoms with Crippen LogP contribution in [0.4, 0.5) is 17.1 Å². The van der Waals surface area contributed by atoms with Gasteiger partial charge in [-0.15, -0.1) is 0 Å². The highest BCUT2D eigenvalue weighted by Crippen LogP contribution is 2.21. The van der Waals surface area contributed by atoms with Gasteiger partial charge in [0, 0.05) is 11.4 Å². The van der Waals surface area contributed by atoms with Gasteiger partial charge in [0.25, 0.3) is 0 Å². The smallest absolute Gasteiger partial charge is 0.314 e. The van der Waals surface area contributed by atoms with Crippen LogP contribution in [-0.4, -0.2) is 23.3 Å². The van der Waals surface area contributed by atoms with E-state index in [-0.39, 0.29) is 11.4 Å². The van der Waals surface area contributed by atoms with E-state index in [9.17, 15) is 19.5 Å². The lowest BCUT2D eigenvalue weighted by molar-refractivity contribution is -0.133. The van der Waals surface area contributed by atoms with E-state index in [4.69, 9.17) is 0 Å². The number of phenolic OH excluding ortho intramolecular Hbond substituents is 1. The fourth-order valence-electron chi connectivity index (χ4n) is 1.70. The highest BCUT2D eigenvalue weighted by atomic mass is 16.3. The Morgan fingerprint density at radius 2 is 1.59 bits per heavy atom. The van der Waals surface area contributed by atoms with E-state index in [1.165, 1.54) is 18.2 Å². The molecule has 2 aromatic carbocycles. The molecule has 0 atom stereocenters. The van der Waals surface area contributed by atoms with Crippen LogP contribution in [0.5, 0.6) is 5.75 Å². The summed E-state index contributed by atoms with van der Waals surface area (Å²) in [7, 11) is 0. The van der Waals surface area contributed by atoms with Gasteiger partial charge in [0.15, 0.2) is 0 Å². The normalized spacial score (nSPS) is 9.64. The predicted molar refractivity (Wildman–Crippen MR) is 81.5 cm³/mol. The Labute approximate surface area is 126 Å². The Hall–Kier alpha value is -3.35. The van der Waals surface area contributed by atoms with Crippen molar-refractivity contribution in [2.75, 3.05) is 16.0 Å². The van der Waals surface area contributed by atoms with Gasteiger partial charge < -0.3 is 21.1 Å². The molecule has 0 aliphatic heterocycles. The van der Waals surface area contributed by atoms with E-state index in [0.29, 0.717) is 17.8 Å². The molecule has 0 aromatic heterocycles. The molecule has 4 N–H and O–H groups in total. The maximum atomic E-state index is 11.8. The molecule has 0 bridgehead atoms. The largest absolute Gasteiger partial charge is 0.506 e. The molecule has 3 amide bonds. The number of hydrogen-bond donors (Lipinski definition) is 4. The van der Waals surface area contributed by atoms with Gasteiger partial charge in [-0.05, 0) is 30.3 Å². The molecule has 0 spiro atoms. The lowest BCUT2D eigenvalue weighted by atomic mass is 10.2. The zero-order valence-electron chi connectivity index (χ0n) is 11.4. The van der Waals surface area contributed by atoms with Gasteiger partial charge in [0.05, 0.1) is 5.69 Å². The Kier molecular flexibility index (Phi) is 4.71. The monoisotopic (exact) mass is 299 g/mol. The molecule has 0 fully saturated rings. The number of benzene rings is 2. The number of carbonyl (C=O) groups excluding carboxylic acids is 3. The summed E-state index contributed by atoms with van der Waals surface area (Å²) in [5, 5.41) is 16.7. The van der Waals surface area contributed by atoms with Crippen molar-refractivity contribution in [2.45, 2.75) is 0 Å². The minimum Gasteiger partial charge on any atom is -0.506 e. The molecule has 7 nitrogen and oxygen atoms in total. The molecule has 0 aliphatic carbocycles. The average Bonchev–Trinajstić information content (AvgIpc) is 2.50. The van der Waals surface area contributed by atoms with Gasteiger partial charge >= 0.3 is 11.8 Å². The maximum Gasteiger partial charge on any atom is 0.314 e. The number of hydrogen-bond acceptors (Lipinski definition) is 4. The van der Waals surface area contributed by atoms with Gasteiger partial charge in [-0.2, -0.15) is 0 Å². The molecule has 0 radical (unpaired) electrons. The lowest BCUT2D eigenvalue weighted by Crippen LogP contribution is -2.29. The van der Waals surface area contributed by atoms with Crippen LogP contribution in [0, 0.1) is 0 Å². The third-order valence-electron chi connectivity index (χ3n) is 2.70. The van der Waals surface area contributed by atoms with E-state index in [2.05, 4.69) is 16.0 Å². The van der Waals surface area contributed by atoms with Crippen LogP contribution in [0.3, 0.4) is 0 Å². The SMILES string of the molecule is O=CNc1cccc(NC(=O)C(=O)Nc2ccccc2O)c1. The minimum atomic E-state index is -0.921. The Bertz CT molecular complexity index is 715. The van der Waals surface area contributed by atoms with Gasteiger partial charge in [0.1, 0.15) is 5.75 Å². The zero-order valence-corrected chi connectivity index (χ0v) is 11.4. The summed E-state index contributed by atoms with van der Waals surface area (Å²) in [5.74, 6) is -1.96. The molecule has 2 rings (SSSR count). The first-order valence-electron chi connectivity index (χ1n) is 6.30. The fraction of sp³-hybridized carbons (Fsp3) is 0. The van der Waals surface area contributed by atoms with Crippen LogP contribution in [0.25, 0.3) is 0 Å². The molecular weight excluding hydrogens is 286 g/mol. The van der Waals surface area contributed by atoms with Gasteiger partial charge in [-0.3, -0.25) is 14.4 Å². The summed E-state index contributed by atoms with van der Waals surface area (Å²) in [4.78, 5) is 33.9. The molecule has 2 aromatic rings. The van der Waals surface area contributed by atoms with Crippen molar-refractivity contribution in [2.24, 2.45) is 0 Å². The number of nitrogens with one attached hydrogen (secondary N) is 3. The molecule has 112 valence electrons. The van der Waals surface area contributed by atoms with Crippen molar-refractivity contribution in [1.29, 1.82) is 0 Å². The third-order valence-corrected chi connectivity index (χ3v) is 2.70. The topological polar surface area (TPSA) is 108 Å². The summed E-state index contributed by atoms with van der Waals surface area (Å²) in [6.07, 6.45) is 0.506. The first-order chi connectivity index (χ1) is 10.6. The standard InChI is InChI=1S/C15H13N3O4/c19-9-16-10-4-3-5-11(8-10)17-14(21)15(22)18-12-6-1-2-7-13(12)20/h1-9,20H,(H,16,19)(H,17,21)(H,18,22). The minimum absolute atomic E-state index is 0.138. The Morgan fingerprint density at radius 3 is 2.32 bits per heavy atom. The van der Waals surface area contributed by atoms with Crippen LogP contribution in [0.1, 0.15) is 0 Å². The molecule has 0 saturated heterocycles. The number of para-hydroxylation sites is 2. The van der Waals surface area contributed by atoms with E-state index < -0.39 is 11.8 Å². The van der Waals surface area contributed by atoms with Crippen LogP contribution in [0.2, 0.25) is 0 Å². The van der Waals surface area contributed by atoms with Crippen molar-refractivity contribution in [3.8, 4) is 5.75 Å². The molecule has 0 saturated carbocycles. The number of aromatic hydroxyl groups is 1. The molecule has 7 heteroatoms. The summed E-state index contributed by atoms with van der Waals surface area (Å²) in [5.41, 5.74) is 0.970. The molecule has 0 aliphatic rings. The van der Waals surface area contributed by atoms with Crippen LogP contribution < -0.4 is 16.0 Å². The van der Waals surface area contributed by atoms with E-state index in [1.807, 2.05) is 0 Å². The van der Waals surface area contributed by atoms with E-state index in [1.54, 1.807) is 30.3 Å². The van der Waals surface area contributed by atoms with Gasteiger partial charge in [-0.1, -0.05) is 18.2 Å². The second-order valence-corrected chi connectivity index (χ2v) is 4.27. The average molecular weight is 299 g/mol. The van der Waals surface area contributed by atoms with E-state index >= 15 is 0 Å². The zero-order chi connectivity index (χ0) is 15.9. The molecule has 0 heterocycles. The second kappa shape index (κ2) is 6.89. The molecular formula is C15H13N3O4. The fourth-order valence-corrected chi connectivity index (χ4v) is 1.70. The highest BCUT2D eigenvalue weighted by Gasteiger charge is 2.15. The van der Waals surface area contributed by atoms with Crippen LogP contribution in [0.15, 0.2) is 48.5 Å². The predicted octanol–water partition coefficient (Wildman–Crippen LogP) is 1.54. The summed E-state index contributed by atoms with van der Waals surface area (Å²) in [6, 6.07) is 12.4. The quantitative estimate of drug-likeness (QED) is 0.390. The van der Waals surface area contributed by atoms with Crippen molar-refractivity contribution < 1.29 is 19.5 Å². The second-order valence-electron chi connectivity index (χ2n) is 4.27. The van der Waals surface area contributed by atoms with Crippen molar-refractivity contribution in [1.82, 2.24) is 0 Å². The number of anilines is 3. The first kappa shape index (κ1) is 15.0. The summed E-state index contributed by atoms with van der Waals surface area (Å²) < 4.78 is 0. The first-order valence-corrected chi connectivity index (χ1v) is 6.30. The third kappa shape index (κ3) is 3.83. The van der Waals surface area contributed by atoms with Crippen LogP contribution in [-0.2, 0) is 14.4 Å². The number of amides is 3. The number of phenols is 1. The molecule has 22 heavy (non-hydrogen) atoms. The van der Waals surface area contributed by atoms with Crippen molar-refractivity contribution >= 4 is 35.3 Å². The summed E-state index contributed by atoms with van der Waals surface area (Å²) in [6.45, 7) is 0. The molecule has 0 unspecified atom stereocenters. The van der Waals surface area contributed by atoms with Gasteiger partial charge in [0.2, 0.25) is 6.41 Å². The van der Waals surface area contributed by atoms with Crippen molar-refractivity contribution in [3.63, 3.8) is 0 Å². The van der Waals surface area contributed by atoms with Gasteiger partial charge in [-0.25, -0.2) is 0 Å². The Balaban J connectivity index is 2.02. The summed E-state index contributed by atoms with van der Waals surface area (Å²) >= 11 is 0. The van der Waals surface area contributed by atoms with Crippen LogP contribution >= 0.6 is 0 Å². The number of carbonyl (C=O) groups is 3. The van der Waals surface area contributed by atoms with Crippen molar-refractivity contribution in [3.05, 3.63) is 48.5 Å². The lowest BCUT2D eigenvalue weighted by Gasteiger charge is -2.08. The number of rotatable bonds is 4. The Morgan fingerprint density at radius 1 is 0.909 bits per heavy atom.